The third-order valence-corrected chi connectivity index (χ3v) is 5.76. The quantitative estimate of drug-likeness (QED) is 0.855. The van der Waals surface area contributed by atoms with E-state index in [0.29, 0.717) is 0 Å². The Kier molecular flexibility index (Phi) is 3.44. The zero-order valence-corrected chi connectivity index (χ0v) is 14.6. The van der Waals surface area contributed by atoms with E-state index in [1.807, 2.05) is 24.4 Å². The number of allylic oxidation sites excluding steroid dienone is 1. The largest absolute Gasteiger partial charge is 0.494 e. The molecule has 0 aromatic carbocycles. The molecule has 4 nitrogen and oxygen atoms in total. The second kappa shape index (κ2) is 5.80. The fraction of sp³-hybridized carbons (Fsp3) is 0.381. The molecule has 3 heterocycles. The second-order valence-electron chi connectivity index (χ2n) is 7.21. The molecule has 2 aliphatic carbocycles. The number of aromatic amines is 2. The van der Waals surface area contributed by atoms with Crippen LogP contribution in [0.5, 0.6) is 0 Å². The summed E-state index contributed by atoms with van der Waals surface area (Å²) >= 11 is 0. The molecule has 0 saturated carbocycles. The summed E-state index contributed by atoms with van der Waals surface area (Å²) in [6.07, 6.45) is 13.8. The van der Waals surface area contributed by atoms with Gasteiger partial charge in [-0.15, -0.1) is 0 Å². The number of nitrogens with one attached hydrogen (secondary N) is 2. The van der Waals surface area contributed by atoms with E-state index in [0.717, 1.165) is 28.8 Å². The molecule has 0 fully saturated rings. The molecule has 25 heavy (non-hydrogen) atoms. The van der Waals surface area contributed by atoms with Gasteiger partial charge in [0.25, 0.3) is 0 Å². The number of H-pyrrole nitrogens is 2. The maximum Gasteiger partial charge on any atom is 0.146 e. The predicted octanol–water partition coefficient (Wildman–Crippen LogP) is 4.47. The molecule has 0 spiro atoms. The van der Waals surface area contributed by atoms with Crippen molar-refractivity contribution >= 4 is 11.8 Å². The van der Waals surface area contributed by atoms with E-state index in [4.69, 9.17) is 9.73 Å². The summed E-state index contributed by atoms with van der Waals surface area (Å²) in [5.41, 5.74) is 8.71. The SMILES string of the molecule is COC1=CC(c2ccc[nH]2)=N/C1=C/c1[nH]c2c3c1CCCC3CCC2. The first-order valence-corrected chi connectivity index (χ1v) is 9.27. The van der Waals surface area contributed by atoms with Gasteiger partial charge in [-0.1, -0.05) is 0 Å². The molecule has 3 aliphatic rings. The first-order valence-electron chi connectivity index (χ1n) is 9.27. The van der Waals surface area contributed by atoms with Crippen molar-refractivity contribution in [3.8, 4) is 0 Å². The zero-order chi connectivity index (χ0) is 16.8. The van der Waals surface area contributed by atoms with Crippen molar-refractivity contribution in [1.82, 2.24) is 9.97 Å². The lowest BCUT2D eigenvalue weighted by Crippen LogP contribution is -2.14. The van der Waals surface area contributed by atoms with Gasteiger partial charge in [0.2, 0.25) is 0 Å². The molecule has 2 aromatic heterocycles. The van der Waals surface area contributed by atoms with E-state index in [1.54, 1.807) is 12.7 Å². The smallest absolute Gasteiger partial charge is 0.146 e. The van der Waals surface area contributed by atoms with Crippen LogP contribution in [-0.2, 0) is 17.6 Å². The molecule has 2 N–H and O–H groups in total. The van der Waals surface area contributed by atoms with Crippen LogP contribution >= 0.6 is 0 Å². The molecule has 1 aliphatic heterocycles. The fourth-order valence-electron chi connectivity index (χ4n) is 4.65. The summed E-state index contributed by atoms with van der Waals surface area (Å²) in [4.78, 5) is 11.7. The van der Waals surface area contributed by atoms with Crippen molar-refractivity contribution in [2.75, 3.05) is 7.11 Å². The molecular weight excluding hydrogens is 310 g/mol. The summed E-state index contributed by atoms with van der Waals surface area (Å²) in [5.74, 6) is 1.60. The number of ether oxygens (including phenoxy) is 1. The Hall–Kier alpha value is -2.49. The monoisotopic (exact) mass is 333 g/mol. The average molecular weight is 333 g/mol. The first-order chi connectivity index (χ1) is 12.3. The highest BCUT2D eigenvalue weighted by Crippen LogP contribution is 2.43. The topological polar surface area (TPSA) is 53.2 Å². The molecule has 0 saturated heterocycles. The highest BCUT2D eigenvalue weighted by atomic mass is 16.5. The maximum atomic E-state index is 5.59. The molecule has 1 unspecified atom stereocenters. The van der Waals surface area contributed by atoms with Crippen LogP contribution in [0.4, 0.5) is 0 Å². The average Bonchev–Trinajstić information content (AvgIpc) is 3.36. The minimum Gasteiger partial charge on any atom is -0.494 e. The van der Waals surface area contributed by atoms with Crippen LogP contribution < -0.4 is 0 Å². The molecule has 4 heteroatoms. The van der Waals surface area contributed by atoms with Gasteiger partial charge in [0, 0.05) is 23.7 Å². The lowest BCUT2D eigenvalue weighted by Gasteiger charge is -2.27. The van der Waals surface area contributed by atoms with Gasteiger partial charge in [0.1, 0.15) is 11.5 Å². The van der Waals surface area contributed by atoms with Crippen LogP contribution in [0.3, 0.4) is 0 Å². The number of rotatable bonds is 3. The molecule has 0 radical (unpaired) electrons. The molecule has 1 atom stereocenters. The van der Waals surface area contributed by atoms with Gasteiger partial charge in [0.05, 0.1) is 18.5 Å². The van der Waals surface area contributed by atoms with Crippen LogP contribution in [0.2, 0.25) is 0 Å². The summed E-state index contributed by atoms with van der Waals surface area (Å²) in [7, 11) is 1.71. The number of aryl methyl sites for hydroxylation is 1. The molecule has 5 rings (SSSR count). The Morgan fingerprint density at radius 2 is 2.12 bits per heavy atom. The van der Waals surface area contributed by atoms with Crippen LogP contribution in [0.25, 0.3) is 6.08 Å². The summed E-state index contributed by atoms with van der Waals surface area (Å²) in [5, 5.41) is 0. The number of hydrogen-bond donors (Lipinski definition) is 2. The Morgan fingerprint density at radius 3 is 2.92 bits per heavy atom. The van der Waals surface area contributed by atoms with Gasteiger partial charge < -0.3 is 14.7 Å². The molecule has 2 aromatic rings. The summed E-state index contributed by atoms with van der Waals surface area (Å²) in [6.45, 7) is 0. The summed E-state index contributed by atoms with van der Waals surface area (Å²) in [6, 6.07) is 4.02. The normalized spacial score (nSPS) is 23.4. The van der Waals surface area contributed by atoms with Crippen molar-refractivity contribution < 1.29 is 4.74 Å². The Morgan fingerprint density at radius 1 is 1.24 bits per heavy atom. The van der Waals surface area contributed by atoms with E-state index >= 15 is 0 Å². The van der Waals surface area contributed by atoms with E-state index in [-0.39, 0.29) is 0 Å². The number of hydrogen-bond acceptors (Lipinski definition) is 2. The Balaban J connectivity index is 1.58. The molecule has 128 valence electrons. The third-order valence-electron chi connectivity index (χ3n) is 5.76. The molecular formula is C21H23N3O. The van der Waals surface area contributed by atoms with Crippen molar-refractivity contribution in [1.29, 1.82) is 0 Å². The zero-order valence-electron chi connectivity index (χ0n) is 14.6. The van der Waals surface area contributed by atoms with Crippen molar-refractivity contribution in [3.63, 3.8) is 0 Å². The number of aromatic nitrogens is 2. The second-order valence-corrected chi connectivity index (χ2v) is 7.21. The first kappa shape index (κ1) is 14.8. The molecule has 0 amide bonds. The highest BCUT2D eigenvalue weighted by Gasteiger charge is 2.30. The highest BCUT2D eigenvalue weighted by molar-refractivity contribution is 6.11. The summed E-state index contributed by atoms with van der Waals surface area (Å²) < 4.78 is 5.59. The Labute approximate surface area is 147 Å². The number of aliphatic imine (C=N–C) groups is 1. The van der Waals surface area contributed by atoms with Crippen LogP contribution in [0.1, 0.15) is 59.8 Å². The van der Waals surface area contributed by atoms with Crippen LogP contribution in [0.15, 0.2) is 40.9 Å². The van der Waals surface area contributed by atoms with Gasteiger partial charge >= 0.3 is 0 Å². The van der Waals surface area contributed by atoms with E-state index < -0.39 is 0 Å². The van der Waals surface area contributed by atoms with Gasteiger partial charge in [-0.25, -0.2) is 4.99 Å². The van der Waals surface area contributed by atoms with Crippen molar-refractivity contribution in [2.45, 2.75) is 44.4 Å². The van der Waals surface area contributed by atoms with Crippen molar-refractivity contribution in [3.05, 3.63) is 64.1 Å². The van der Waals surface area contributed by atoms with E-state index in [9.17, 15) is 0 Å². The lowest BCUT2D eigenvalue weighted by molar-refractivity contribution is 0.303. The number of nitrogens with zero attached hydrogens (tertiary/aromatic N) is 1. The van der Waals surface area contributed by atoms with Gasteiger partial charge in [-0.3, -0.25) is 0 Å². The predicted molar refractivity (Wildman–Crippen MR) is 99.8 cm³/mol. The van der Waals surface area contributed by atoms with Crippen molar-refractivity contribution in [2.24, 2.45) is 4.99 Å². The lowest BCUT2D eigenvalue weighted by atomic mass is 9.76. The minimum absolute atomic E-state index is 0.773. The Bertz CT molecular complexity index is 894. The standard InChI is InChI=1S/C21H23N3O/c1-25-20-12-18(15-9-4-10-22-15)24-19(20)11-17-14-7-2-5-13-6-3-8-16(23-17)21(13)14/h4,9-13,22-23H,2-3,5-8H2,1H3/b19-11+. The van der Waals surface area contributed by atoms with Gasteiger partial charge in [0.15, 0.2) is 0 Å². The number of methoxy groups -OCH3 is 1. The van der Waals surface area contributed by atoms with Gasteiger partial charge in [-0.05, 0) is 73.8 Å². The molecule has 0 bridgehead atoms. The maximum absolute atomic E-state index is 5.59. The van der Waals surface area contributed by atoms with E-state index in [1.165, 1.54) is 55.5 Å². The minimum atomic E-state index is 0.773. The third kappa shape index (κ3) is 2.39. The fourth-order valence-corrected chi connectivity index (χ4v) is 4.65. The van der Waals surface area contributed by atoms with Crippen LogP contribution in [0, 0.1) is 0 Å². The van der Waals surface area contributed by atoms with Crippen LogP contribution in [-0.4, -0.2) is 22.8 Å². The van der Waals surface area contributed by atoms with E-state index in [2.05, 4.69) is 16.0 Å². The van der Waals surface area contributed by atoms with Gasteiger partial charge in [-0.2, -0.15) is 0 Å².